The minimum absolute atomic E-state index is 0.572. The van der Waals surface area contributed by atoms with E-state index in [0.717, 1.165) is 30.0 Å². The Bertz CT molecular complexity index is 884. The lowest BCUT2D eigenvalue weighted by molar-refractivity contribution is 0.315. The second-order valence-corrected chi connectivity index (χ2v) is 5.97. The molecule has 6 heteroatoms. The average molecular weight is 342 g/mol. The van der Waals surface area contributed by atoms with Crippen LogP contribution in [0.1, 0.15) is 31.7 Å². The van der Waals surface area contributed by atoms with Crippen molar-refractivity contribution in [2.45, 2.75) is 33.2 Å². The van der Waals surface area contributed by atoms with Gasteiger partial charge >= 0.3 is 0 Å². The topological polar surface area (TPSA) is 54.9 Å². The summed E-state index contributed by atoms with van der Waals surface area (Å²) in [5, 5.41) is 9.45. The molecular weight excluding hydrogens is 320 g/mol. The number of aromatic nitrogens is 3. The summed E-state index contributed by atoms with van der Waals surface area (Å²) in [6.45, 7) is 5.48. The van der Waals surface area contributed by atoms with E-state index in [4.69, 9.17) is 17.0 Å². The smallest absolute Gasteiger partial charge is 0.214 e. The zero-order chi connectivity index (χ0) is 16.9. The van der Waals surface area contributed by atoms with Crippen molar-refractivity contribution >= 4 is 23.0 Å². The highest BCUT2D eigenvalue weighted by molar-refractivity contribution is 7.71. The number of nitrogens with zero attached hydrogens (tertiary/aromatic N) is 2. The van der Waals surface area contributed by atoms with Crippen molar-refractivity contribution < 1.29 is 4.74 Å². The van der Waals surface area contributed by atoms with Crippen molar-refractivity contribution in [1.29, 1.82) is 0 Å². The number of nitrogens with one attached hydrogen (secondary N) is 2. The quantitative estimate of drug-likeness (QED) is 0.632. The highest BCUT2D eigenvalue weighted by Gasteiger charge is 2.10. The molecule has 0 amide bonds. The van der Waals surface area contributed by atoms with E-state index >= 15 is 0 Å². The first-order chi connectivity index (χ1) is 11.7. The first-order valence-corrected chi connectivity index (χ1v) is 8.69. The van der Waals surface area contributed by atoms with Crippen molar-refractivity contribution in [2.24, 2.45) is 0 Å². The molecule has 0 saturated heterocycles. The molecule has 126 valence electrons. The predicted octanol–water partition coefficient (Wildman–Crippen LogP) is 4.19. The summed E-state index contributed by atoms with van der Waals surface area (Å²) in [6, 6.07) is 12.5. The summed E-state index contributed by atoms with van der Waals surface area (Å²) in [5.41, 5.74) is 4.51. The molecule has 0 aliphatic carbocycles. The van der Waals surface area contributed by atoms with Crippen LogP contribution < -0.4 is 10.2 Å². The van der Waals surface area contributed by atoms with Crippen LogP contribution in [0.4, 0.5) is 0 Å². The molecule has 0 fully saturated rings. The molecule has 2 aromatic carbocycles. The van der Waals surface area contributed by atoms with Gasteiger partial charge in [-0.25, -0.2) is 4.68 Å². The molecule has 0 spiro atoms. The van der Waals surface area contributed by atoms with Crippen molar-refractivity contribution in [1.82, 2.24) is 14.9 Å². The molecule has 0 unspecified atom stereocenters. The van der Waals surface area contributed by atoms with Gasteiger partial charge < -0.3 is 10.2 Å². The zero-order valence-corrected chi connectivity index (χ0v) is 14.8. The maximum Gasteiger partial charge on any atom is 0.214 e. The van der Waals surface area contributed by atoms with Gasteiger partial charge in [-0.3, -0.25) is 5.10 Å². The fraction of sp³-hybridized carbons (Fsp3) is 0.333. The lowest BCUT2D eigenvalue weighted by Gasteiger charge is -2.16. The van der Waals surface area contributed by atoms with E-state index in [0.29, 0.717) is 17.9 Å². The van der Waals surface area contributed by atoms with Crippen molar-refractivity contribution in [3.63, 3.8) is 0 Å². The molecular formula is C18H22N4OS. The lowest BCUT2D eigenvalue weighted by Crippen LogP contribution is -2.18. The van der Waals surface area contributed by atoms with Gasteiger partial charge in [-0.15, -0.1) is 0 Å². The Labute approximate surface area is 146 Å². The molecule has 24 heavy (non-hydrogen) atoms. The number of benzene rings is 2. The van der Waals surface area contributed by atoms with Crippen LogP contribution in [0.5, 0.6) is 5.75 Å². The molecule has 0 radical (unpaired) electrons. The number of hydrogen-bond acceptors (Lipinski definition) is 4. The van der Waals surface area contributed by atoms with Crippen LogP contribution >= 0.6 is 12.2 Å². The molecule has 3 aromatic rings. The van der Waals surface area contributed by atoms with E-state index in [1.54, 1.807) is 0 Å². The molecule has 0 saturated carbocycles. The van der Waals surface area contributed by atoms with Crippen molar-refractivity contribution in [3.8, 4) is 5.75 Å². The number of rotatable bonds is 7. The van der Waals surface area contributed by atoms with Gasteiger partial charge in [-0.05, 0) is 35.5 Å². The maximum atomic E-state index is 5.95. The van der Waals surface area contributed by atoms with E-state index in [2.05, 4.69) is 53.7 Å². The Morgan fingerprint density at radius 2 is 2.04 bits per heavy atom. The van der Waals surface area contributed by atoms with Crippen LogP contribution in [0.3, 0.4) is 0 Å². The molecule has 2 N–H and O–H groups in total. The third-order valence-electron chi connectivity index (χ3n) is 3.93. The highest BCUT2D eigenvalue weighted by atomic mass is 32.1. The summed E-state index contributed by atoms with van der Waals surface area (Å²) >= 11 is 5.30. The van der Waals surface area contributed by atoms with Crippen molar-refractivity contribution in [2.75, 3.05) is 12.0 Å². The predicted molar refractivity (Wildman–Crippen MR) is 99.6 cm³/mol. The van der Waals surface area contributed by atoms with Crippen LogP contribution in [-0.2, 0) is 13.0 Å². The minimum atomic E-state index is 0.572. The molecule has 0 atom stereocenters. The number of H-pyrrole nitrogens is 1. The van der Waals surface area contributed by atoms with Gasteiger partial charge in [-0.2, -0.15) is 5.10 Å². The zero-order valence-electron chi connectivity index (χ0n) is 14.0. The maximum absolute atomic E-state index is 5.95. The second-order valence-electron chi connectivity index (χ2n) is 5.58. The second kappa shape index (κ2) is 7.49. The number of ether oxygens (including phenoxy) is 1. The Morgan fingerprint density at radius 1 is 1.21 bits per heavy atom. The fourth-order valence-electron chi connectivity index (χ4n) is 2.73. The first-order valence-electron chi connectivity index (χ1n) is 8.28. The molecule has 3 rings (SSSR count). The standard InChI is InChI=1S/C18H22N4OS/c1-3-11-23-16-10-9-13-7-5-6-8-14(13)15(16)12-19-22-17(4-2)20-21-18(22)24/h5-10,19H,3-4,11-12H2,1-2H3,(H,21,24). The molecule has 0 aliphatic heterocycles. The monoisotopic (exact) mass is 342 g/mol. The Kier molecular flexibility index (Phi) is 5.15. The molecule has 5 nitrogen and oxygen atoms in total. The lowest BCUT2D eigenvalue weighted by atomic mass is 10.0. The van der Waals surface area contributed by atoms with Gasteiger partial charge in [0.15, 0.2) is 5.82 Å². The Hall–Kier alpha value is -2.34. The summed E-state index contributed by atoms with van der Waals surface area (Å²) in [7, 11) is 0. The number of fused-ring (bicyclic) bond motifs is 1. The van der Waals surface area contributed by atoms with Gasteiger partial charge in [0.2, 0.25) is 4.77 Å². The fourth-order valence-corrected chi connectivity index (χ4v) is 2.95. The number of aryl methyl sites for hydroxylation is 1. The average Bonchev–Trinajstić information content (AvgIpc) is 2.98. The van der Waals surface area contributed by atoms with Crippen LogP contribution in [0.15, 0.2) is 36.4 Å². The van der Waals surface area contributed by atoms with E-state index in [-0.39, 0.29) is 0 Å². The van der Waals surface area contributed by atoms with E-state index in [9.17, 15) is 0 Å². The normalized spacial score (nSPS) is 10.9. The summed E-state index contributed by atoms with van der Waals surface area (Å²) in [6.07, 6.45) is 1.78. The van der Waals surface area contributed by atoms with Gasteiger partial charge in [0.25, 0.3) is 0 Å². The van der Waals surface area contributed by atoms with Gasteiger partial charge in [0.1, 0.15) is 5.75 Å². The van der Waals surface area contributed by atoms with E-state index in [1.807, 2.05) is 16.8 Å². The number of hydrogen-bond donors (Lipinski definition) is 2. The largest absolute Gasteiger partial charge is 0.493 e. The van der Waals surface area contributed by atoms with E-state index < -0.39 is 0 Å². The van der Waals surface area contributed by atoms with Crippen LogP contribution in [0.2, 0.25) is 0 Å². The summed E-state index contributed by atoms with van der Waals surface area (Å²) in [5.74, 6) is 1.80. The molecule has 0 aliphatic rings. The van der Waals surface area contributed by atoms with Gasteiger partial charge in [0.05, 0.1) is 13.2 Å². The Morgan fingerprint density at radius 3 is 2.83 bits per heavy atom. The number of aromatic amines is 1. The third kappa shape index (κ3) is 3.28. The van der Waals surface area contributed by atoms with Crippen LogP contribution in [0.25, 0.3) is 10.8 Å². The van der Waals surface area contributed by atoms with Crippen LogP contribution in [-0.4, -0.2) is 21.5 Å². The third-order valence-corrected chi connectivity index (χ3v) is 4.21. The highest BCUT2D eigenvalue weighted by Crippen LogP contribution is 2.28. The molecule has 1 heterocycles. The van der Waals surface area contributed by atoms with Gasteiger partial charge in [-0.1, -0.05) is 44.2 Å². The van der Waals surface area contributed by atoms with Crippen LogP contribution in [0, 0.1) is 4.77 Å². The van der Waals surface area contributed by atoms with Gasteiger partial charge in [0, 0.05) is 12.0 Å². The molecule has 1 aromatic heterocycles. The summed E-state index contributed by atoms with van der Waals surface area (Å²) < 4.78 is 8.36. The molecule has 0 bridgehead atoms. The minimum Gasteiger partial charge on any atom is -0.493 e. The van der Waals surface area contributed by atoms with Crippen molar-refractivity contribution in [3.05, 3.63) is 52.6 Å². The summed E-state index contributed by atoms with van der Waals surface area (Å²) in [4.78, 5) is 0. The SMILES string of the molecule is CCCOc1ccc2ccccc2c1CNn1c(CC)n[nH]c1=S. The van der Waals surface area contributed by atoms with E-state index in [1.165, 1.54) is 10.8 Å². The first kappa shape index (κ1) is 16.5. The Balaban J connectivity index is 1.96.